The van der Waals surface area contributed by atoms with E-state index in [0.29, 0.717) is 6.54 Å². The number of benzene rings is 1. The lowest BCUT2D eigenvalue weighted by atomic mass is 10.0. The minimum atomic E-state index is 0.227. The number of furan rings is 1. The lowest BCUT2D eigenvalue weighted by Gasteiger charge is -2.18. The van der Waals surface area contributed by atoms with Crippen LogP contribution in [0.15, 0.2) is 46.9 Å². The quantitative estimate of drug-likeness (QED) is 0.802. The number of aliphatic hydroxyl groups is 1. The zero-order valence-corrected chi connectivity index (χ0v) is 11.3. The predicted octanol–water partition coefficient (Wildman–Crippen LogP) is 3.19. The van der Waals surface area contributed by atoms with Gasteiger partial charge in [-0.15, -0.1) is 0 Å². The van der Waals surface area contributed by atoms with Gasteiger partial charge < -0.3 is 14.8 Å². The second-order valence-electron chi connectivity index (χ2n) is 4.72. The molecule has 0 radical (unpaired) electrons. The maximum atomic E-state index is 9.00. The number of hydrogen-bond donors (Lipinski definition) is 2. The van der Waals surface area contributed by atoms with Gasteiger partial charge in [-0.1, -0.05) is 30.3 Å². The van der Waals surface area contributed by atoms with Crippen molar-refractivity contribution in [2.24, 2.45) is 0 Å². The van der Waals surface area contributed by atoms with E-state index < -0.39 is 0 Å². The first kappa shape index (κ1) is 13.8. The Morgan fingerprint density at radius 2 is 1.95 bits per heavy atom. The van der Waals surface area contributed by atoms with Gasteiger partial charge in [-0.2, -0.15) is 0 Å². The van der Waals surface area contributed by atoms with Crippen molar-refractivity contribution < 1.29 is 9.52 Å². The molecule has 2 N–H and O–H groups in total. The van der Waals surface area contributed by atoms with Gasteiger partial charge in [0.1, 0.15) is 11.5 Å². The Labute approximate surface area is 114 Å². The van der Waals surface area contributed by atoms with Gasteiger partial charge in [-0.25, -0.2) is 0 Å². The maximum absolute atomic E-state index is 9.00. The molecule has 102 valence electrons. The molecule has 2 aromatic rings. The first-order chi connectivity index (χ1) is 9.29. The van der Waals surface area contributed by atoms with Gasteiger partial charge in [-0.3, -0.25) is 0 Å². The molecule has 1 aromatic heterocycles. The summed E-state index contributed by atoms with van der Waals surface area (Å²) in [5.41, 5.74) is 1.25. The van der Waals surface area contributed by atoms with Crippen molar-refractivity contribution in [1.29, 1.82) is 0 Å². The normalized spacial score (nSPS) is 12.5. The molecule has 0 aliphatic carbocycles. The summed E-state index contributed by atoms with van der Waals surface area (Å²) in [5.74, 6) is 1.88. The average Bonchev–Trinajstić information content (AvgIpc) is 2.86. The standard InChI is InChI=1S/C16H21NO2/c1-13-9-10-15(19-13)12-17-16(8-5-11-18)14-6-3-2-4-7-14/h2-4,6-7,9-10,16-18H,5,8,11-12H2,1H3. The molecule has 0 bridgehead atoms. The molecule has 0 amide bonds. The third-order valence-electron chi connectivity index (χ3n) is 3.17. The third kappa shape index (κ3) is 4.23. The molecule has 0 fully saturated rings. The predicted molar refractivity (Wildman–Crippen MR) is 75.8 cm³/mol. The number of rotatable bonds is 7. The number of nitrogens with one attached hydrogen (secondary N) is 1. The summed E-state index contributed by atoms with van der Waals surface area (Å²) in [6, 6.07) is 14.5. The second kappa shape index (κ2) is 7.12. The zero-order chi connectivity index (χ0) is 13.5. The molecule has 0 aliphatic rings. The van der Waals surface area contributed by atoms with Crippen LogP contribution in [0.4, 0.5) is 0 Å². The molecular formula is C16H21NO2. The van der Waals surface area contributed by atoms with Gasteiger partial charge in [-0.05, 0) is 37.5 Å². The summed E-state index contributed by atoms with van der Waals surface area (Å²) in [6.07, 6.45) is 1.71. The lowest BCUT2D eigenvalue weighted by molar-refractivity contribution is 0.274. The Morgan fingerprint density at radius 1 is 1.16 bits per heavy atom. The molecular weight excluding hydrogens is 238 g/mol. The van der Waals surface area contributed by atoms with Crippen molar-refractivity contribution in [3.8, 4) is 0 Å². The summed E-state index contributed by atoms with van der Waals surface area (Å²) < 4.78 is 5.56. The van der Waals surface area contributed by atoms with Crippen LogP contribution in [0.1, 0.15) is 36.0 Å². The highest BCUT2D eigenvalue weighted by Crippen LogP contribution is 2.19. The van der Waals surface area contributed by atoms with Crippen LogP contribution in [-0.4, -0.2) is 11.7 Å². The van der Waals surface area contributed by atoms with Crippen LogP contribution in [0.5, 0.6) is 0 Å². The molecule has 1 atom stereocenters. The number of aryl methyl sites for hydroxylation is 1. The van der Waals surface area contributed by atoms with E-state index in [-0.39, 0.29) is 12.6 Å². The van der Waals surface area contributed by atoms with Crippen molar-refractivity contribution in [2.45, 2.75) is 32.4 Å². The highest BCUT2D eigenvalue weighted by atomic mass is 16.3. The highest BCUT2D eigenvalue weighted by Gasteiger charge is 2.11. The fourth-order valence-electron chi connectivity index (χ4n) is 2.17. The fourth-order valence-corrected chi connectivity index (χ4v) is 2.17. The van der Waals surface area contributed by atoms with Crippen LogP contribution < -0.4 is 5.32 Å². The zero-order valence-electron chi connectivity index (χ0n) is 11.3. The van der Waals surface area contributed by atoms with Crippen molar-refractivity contribution in [3.05, 3.63) is 59.5 Å². The average molecular weight is 259 g/mol. The van der Waals surface area contributed by atoms with E-state index in [1.807, 2.05) is 37.3 Å². The summed E-state index contributed by atoms with van der Waals surface area (Å²) >= 11 is 0. The fraction of sp³-hybridized carbons (Fsp3) is 0.375. The van der Waals surface area contributed by atoms with Gasteiger partial charge >= 0.3 is 0 Å². The van der Waals surface area contributed by atoms with Crippen molar-refractivity contribution in [2.75, 3.05) is 6.61 Å². The van der Waals surface area contributed by atoms with E-state index in [1.54, 1.807) is 0 Å². The molecule has 19 heavy (non-hydrogen) atoms. The Morgan fingerprint density at radius 3 is 2.58 bits per heavy atom. The van der Waals surface area contributed by atoms with E-state index in [4.69, 9.17) is 9.52 Å². The maximum Gasteiger partial charge on any atom is 0.117 e. The lowest BCUT2D eigenvalue weighted by Crippen LogP contribution is -2.21. The van der Waals surface area contributed by atoms with E-state index in [1.165, 1.54) is 5.56 Å². The molecule has 0 spiro atoms. The first-order valence-corrected chi connectivity index (χ1v) is 6.74. The molecule has 0 saturated carbocycles. The molecule has 3 nitrogen and oxygen atoms in total. The van der Waals surface area contributed by atoms with Crippen LogP contribution in [-0.2, 0) is 6.54 Å². The largest absolute Gasteiger partial charge is 0.465 e. The first-order valence-electron chi connectivity index (χ1n) is 6.74. The highest BCUT2D eigenvalue weighted by molar-refractivity contribution is 5.19. The SMILES string of the molecule is Cc1ccc(CNC(CCCO)c2ccccc2)o1. The minimum absolute atomic E-state index is 0.227. The van der Waals surface area contributed by atoms with Gasteiger partial charge in [0, 0.05) is 12.6 Å². The second-order valence-corrected chi connectivity index (χ2v) is 4.72. The summed E-state index contributed by atoms with van der Waals surface area (Å²) in [4.78, 5) is 0. The van der Waals surface area contributed by atoms with Crippen LogP contribution >= 0.6 is 0 Å². The van der Waals surface area contributed by atoms with Crippen molar-refractivity contribution in [3.63, 3.8) is 0 Å². The molecule has 1 heterocycles. The molecule has 3 heteroatoms. The van der Waals surface area contributed by atoms with Crippen LogP contribution in [0.25, 0.3) is 0 Å². The van der Waals surface area contributed by atoms with Crippen LogP contribution in [0.3, 0.4) is 0 Å². The van der Waals surface area contributed by atoms with E-state index >= 15 is 0 Å². The van der Waals surface area contributed by atoms with E-state index in [2.05, 4.69) is 17.4 Å². The Bertz CT molecular complexity index is 479. The third-order valence-corrected chi connectivity index (χ3v) is 3.17. The molecule has 2 rings (SSSR count). The molecule has 0 saturated heterocycles. The summed E-state index contributed by atoms with van der Waals surface area (Å²) in [7, 11) is 0. The van der Waals surface area contributed by atoms with Gasteiger partial charge in [0.2, 0.25) is 0 Å². The monoisotopic (exact) mass is 259 g/mol. The van der Waals surface area contributed by atoms with Crippen LogP contribution in [0, 0.1) is 6.92 Å². The number of aliphatic hydroxyl groups excluding tert-OH is 1. The Balaban J connectivity index is 1.97. The topological polar surface area (TPSA) is 45.4 Å². The smallest absolute Gasteiger partial charge is 0.117 e. The molecule has 0 aliphatic heterocycles. The summed E-state index contributed by atoms with van der Waals surface area (Å²) in [5, 5.41) is 12.5. The van der Waals surface area contributed by atoms with E-state index in [9.17, 15) is 0 Å². The Kier molecular flexibility index (Phi) is 5.19. The summed E-state index contributed by atoms with van der Waals surface area (Å²) in [6.45, 7) is 2.88. The van der Waals surface area contributed by atoms with Gasteiger partial charge in [0.25, 0.3) is 0 Å². The van der Waals surface area contributed by atoms with Crippen LogP contribution in [0.2, 0.25) is 0 Å². The van der Waals surface area contributed by atoms with Gasteiger partial charge in [0.15, 0.2) is 0 Å². The van der Waals surface area contributed by atoms with Crippen molar-refractivity contribution >= 4 is 0 Å². The number of hydrogen-bond acceptors (Lipinski definition) is 3. The van der Waals surface area contributed by atoms with E-state index in [0.717, 1.165) is 24.4 Å². The molecule has 1 unspecified atom stereocenters. The minimum Gasteiger partial charge on any atom is -0.465 e. The molecule has 1 aromatic carbocycles. The van der Waals surface area contributed by atoms with Crippen molar-refractivity contribution in [1.82, 2.24) is 5.32 Å². The van der Waals surface area contributed by atoms with Gasteiger partial charge in [0.05, 0.1) is 6.54 Å². The Hall–Kier alpha value is -1.58.